The van der Waals surface area contributed by atoms with Crippen molar-refractivity contribution in [1.82, 2.24) is 18.7 Å². The van der Waals surface area contributed by atoms with E-state index >= 15 is 0 Å². The summed E-state index contributed by atoms with van der Waals surface area (Å²) in [6, 6.07) is 17.3. The Morgan fingerprint density at radius 2 is 1.77 bits per heavy atom. The third kappa shape index (κ3) is 3.27. The molecule has 0 N–H and O–H groups in total. The van der Waals surface area contributed by atoms with Crippen molar-refractivity contribution in [3.8, 4) is 0 Å². The molecule has 0 radical (unpaired) electrons. The predicted molar refractivity (Wildman–Crippen MR) is 123 cm³/mol. The van der Waals surface area contributed by atoms with Crippen molar-refractivity contribution >= 4 is 40.5 Å². The van der Waals surface area contributed by atoms with Crippen LogP contribution >= 0.6 is 11.6 Å². The van der Waals surface area contributed by atoms with Crippen LogP contribution in [0.5, 0.6) is 0 Å². The lowest BCUT2D eigenvalue weighted by molar-refractivity contribution is 0.663. The van der Waals surface area contributed by atoms with Crippen LogP contribution in [0.1, 0.15) is 5.56 Å². The molecular formula is C23H20ClN5O2. The monoisotopic (exact) mass is 433 g/mol. The molecule has 0 spiro atoms. The summed E-state index contributed by atoms with van der Waals surface area (Å²) in [6.07, 6.45) is 3.73. The molecule has 31 heavy (non-hydrogen) atoms. The van der Waals surface area contributed by atoms with Crippen molar-refractivity contribution in [2.24, 2.45) is 7.05 Å². The molecule has 2 aromatic carbocycles. The first-order valence-corrected chi connectivity index (χ1v) is 10.4. The average Bonchev–Trinajstić information content (AvgIpc) is 3.35. The van der Waals surface area contributed by atoms with Crippen molar-refractivity contribution in [3.05, 3.63) is 92.1 Å². The van der Waals surface area contributed by atoms with Gasteiger partial charge in [0.15, 0.2) is 11.2 Å². The molecule has 156 valence electrons. The van der Waals surface area contributed by atoms with E-state index in [9.17, 15) is 9.59 Å². The molecule has 0 bridgehead atoms. The summed E-state index contributed by atoms with van der Waals surface area (Å²) in [6.45, 7) is 1.50. The highest BCUT2D eigenvalue weighted by Gasteiger charge is 2.28. The van der Waals surface area contributed by atoms with Crippen molar-refractivity contribution in [1.29, 1.82) is 0 Å². The minimum atomic E-state index is -0.384. The second kappa shape index (κ2) is 7.59. The highest BCUT2D eigenvalue weighted by Crippen LogP contribution is 2.32. The number of aryl methyl sites for hydroxylation is 1. The number of hydrogen-bond donors (Lipinski definition) is 0. The Morgan fingerprint density at radius 3 is 2.52 bits per heavy atom. The number of halogens is 1. The molecule has 0 aliphatic carbocycles. The number of nitrogens with zero attached hydrogens (tertiary/aromatic N) is 5. The van der Waals surface area contributed by atoms with Crippen molar-refractivity contribution < 1.29 is 0 Å². The van der Waals surface area contributed by atoms with Crippen LogP contribution in [0.3, 0.4) is 0 Å². The Kier molecular flexibility index (Phi) is 4.75. The second-order valence-electron chi connectivity index (χ2n) is 7.43. The van der Waals surface area contributed by atoms with Gasteiger partial charge in [-0.3, -0.25) is 13.9 Å². The fourth-order valence-corrected chi connectivity index (χ4v) is 4.09. The van der Waals surface area contributed by atoms with Crippen molar-refractivity contribution in [2.75, 3.05) is 11.4 Å². The number of aromatic nitrogens is 4. The van der Waals surface area contributed by atoms with Crippen molar-refractivity contribution in [2.45, 2.75) is 13.1 Å². The lowest BCUT2D eigenvalue weighted by Gasteiger charge is -2.15. The Balaban J connectivity index is 1.58. The van der Waals surface area contributed by atoms with Gasteiger partial charge in [0.05, 0.1) is 0 Å². The predicted octanol–water partition coefficient (Wildman–Crippen LogP) is 3.42. The molecule has 0 saturated carbocycles. The molecule has 0 saturated heterocycles. The van der Waals surface area contributed by atoms with Gasteiger partial charge in [-0.2, -0.15) is 4.98 Å². The number of allylic oxidation sites excluding steroid dienone is 1. The molecule has 3 heterocycles. The summed E-state index contributed by atoms with van der Waals surface area (Å²) in [7, 11) is 1.65. The van der Waals surface area contributed by atoms with E-state index in [1.807, 2.05) is 76.2 Å². The number of hydrogen-bond acceptors (Lipinski definition) is 4. The zero-order valence-corrected chi connectivity index (χ0v) is 17.7. The fraction of sp³-hybridized carbons (Fsp3) is 0.174. The number of fused-ring (bicyclic) bond motifs is 3. The Morgan fingerprint density at radius 1 is 1.03 bits per heavy atom. The van der Waals surface area contributed by atoms with Crippen molar-refractivity contribution in [3.63, 3.8) is 0 Å². The van der Waals surface area contributed by atoms with Gasteiger partial charge in [-0.05, 0) is 29.8 Å². The first kappa shape index (κ1) is 19.4. The molecule has 4 aromatic rings. The van der Waals surface area contributed by atoms with E-state index in [0.29, 0.717) is 35.2 Å². The number of rotatable bonds is 4. The first-order chi connectivity index (χ1) is 15.0. The number of imidazole rings is 1. The van der Waals surface area contributed by atoms with E-state index < -0.39 is 0 Å². The van der Waals surface area contributed by atoms with Crippen LogP contribution in [0, 0.1) is 0 Å². The highest BCUT2D eigenvalue weighted by molar-refractivity contribution is 6.30. The zero-order chi connectivity index (χ0) is 21.5. The topological polar surface area (TPSA) is 65.1 Å². The lowest BCUT2D eigenvalue weighted by atomic mass is 10.2. The third-order valence-corrected chi connectivity index (χ3v) is 5.79. The highest BCUT2D eigenvalue weighted by atomic mass is 35.5. The summed E-state index contributed by atoms with van der Waals surface area (Å²) in [4.78, 5) is 32.8. The zero-order valence-electron chi connectivity index (χ0n) is 16.9. The first-order valence-electron chi connectivity index (χ1n) is 9.99. The van der Waals surface area contributed by atoms with E-state index in [4.69, 9.17) is 11.6 Å². The van der Waals surface area contributed by atoms with Crippen LogP contribution in [-0.4, -0.2) is 25.2 Å². The molecule has 2 aromatic heterocycles. The Hall–Kier alpha value is -3.58. The van der Waals surface area contributed by atoms with Crippen LogP contribution in [0.15, 0.2) is 70.3 Å². The molecule has 0 atom stereocenters. The van der Waals surface area contributed by atoms with E-state index in [-0.39, 0.29) is 17.8 Å². The van der Waals surface area contributed by atoms with Crippen LogP contribution in [0.2, 0.25) is 5.02 Å². The largest absolute Gasteiger partial charge is 0.332 e. The molecule has 1 aliphatic rings. The lowest BCUT2D eigenvalue weighted by Crippen LogP contribution is -2.39. The second-order valence-corrected chi connectivity index (χ2v) is 7.87. The minimum Gasteiger partial charge on any atom is -0.310 e. The van der Waals surface area contributed by atoms with Crippen LogP contribution in [-0.2, 0) is 20.1 Å². The van der Waals surface area contributed by atoms with E-state index in [1.54, 1.807) is 7.05 Å². The summed E-state index contributed by atoms with van der Waals surface area (Å²) in [5, 5.41) is 0.658. The van der Waals surface area contributed by atoms with Gasteiger partial charge in [0.25, 0.3) is 5.56 Å². The fourth-order valence-electron chi connectivity index (χ4n) is 3.96. The van der Waals surface area contributed by atoms with Crippen LogP contribution < -0.4 is 16.1 Å². The quantitative estimate of drug-likeness (QED) is 0.494. The Bertz CT molecular complexity index is 1420. The van der Waals surface area contributed by atoms with Gasteiger partial charge >= 0.3 is 5.69 Å². The molecule has 1 aliphatic heterocycles. The number of benzene rings is 2. The molecule has 7 nitrogen and oxygen atoms in total. The standard InChI is InChI=1S/C23H20ClN5O2/c1-26-20-19(21(30)29(23(26)31)13-5-8-16-6-3-2-4-7-16)28-15-14-27(22(28)25-20)18-11-9-17(24)10-12-18/h2-12H,13-15H2,1H3/b8-5+. The van der Waals surface area contributed by atoms with Crippen LogP contribution in [0.4, 0.5) is 11.6 Å². The van der Waals surface area contributed by atoms with Gasteiger partial charge < -0.3 is 9.47 Å². The number of anilines is 2. The maximum Gasteiger partial charge on any atom is 0.332 e. The van der Waals surface area contributed by atoms with E-state index in [1.165, 1.54) is 9.13 Å². The Labute approximate surface area is 183 Å². The van der Waals surface area contributed by atoms with E-state index in [2.05, 4.69) is 4.98 Å². The van der Waals surface area contributed by atoms with Gasteiger partial charge in [0.2, 0.25) is 5.95 Å². The maximum absolute atomic E-state index is 13.3. The maximum atomic E-state index is 13.3. The summed E-state index contributed by atoms with van der Waals surface area (Å²) >= 11 is 6.01. The molecule has 8 heteroatoms. The summed E-state index contributed by atoms with van der Waals surface area (Å²) < 4.78 is 4.59. The molecule has 5 rings (SSSR count). The normalized spacial score (nSPS) is 13.4. The van der Waals surface area contributed by atoms with Gasteiger partial charge in [-0.1, -0.05) is 54.1 Å². The molecule has 0 amide bonds. The van der Waals surface area contributed by atoms with Gasteiger partial charge in [0, 0.05) is 37.4 Å². The van der Waals surface area contributed by atoms with Gasteiger partial charge in [0.1, 0.15) is 0 Å². The molecular weight excluding hydrogens is 414 g/mol. The summed E-state index contributed by atoms with van der Waals surface area (Å²) in [5.41, 5.74) is 2.08. The van der Waals surface area contributed by atoms with E-state index in [0.717, 1.165) is 11.3 Å². The smallest absolute Gasteiger partial charge is 0.310 e. The summed E-state index contributed by atoms with van der Waals surface area (Å²) in [5.74, 6) is 0.655. The average molecular weight is 434 g/mol. The third-order valence-electron chi connectivity index (χ3n) is 5.54. The van der Waals surface area contributed by atoms with Crippen LogP contribution in [0.25, 0.3) is 17.2 Å². The van der Waals surface area contributed by atoms with Gasteiger partial charge in [-0.15, -0.1) is 0 Å². The minimum absolute atomic E-state index is 0.192. The van der Waals surface area contributed by atoms with Gasteiger partial charge in [-0.25, -0.2) is 4.79 Å². The SMILES string of the molecule is Cn1c(=O)n(C/C=C/c2ccccc2)c(=O)c2c1nc1n2CCN1c1ccc(Cl)cc1. The molecule has 0 fully saturated rings. The molecule has 0 unspecified atom stereocenters.